The molecule has 0 unspecified atom stereocenters. The Hall–Kier alpha value is -2.67. The molecule has 1 aliphatic rings. The number of aromatic nitrogens is 4. The van der Waals surface area contributed by atoms with Crippen LogP contribution in [0.25, 0.3) is 11.2 Å². The van der Waals surface area contributed by atoms with Crippen LogP contribution in [0.15, 0.2) is 18.5 Å². The van der Waals surface area contributed by atoms with Gasteiger partial charge in [-0.25, -0.2) is 15.0 Å². The zero-order valence-corrected chi connectivity index (χ0v) is 16.9. The zero-order valence-electron chi connectivity index (χ0n) is 16.9. The van der Waals surface area contributed by atoms with Crippen LogP contribution in [-0.4, -0.2) is 39.2 Å². The van der Waals surface area contributed by atoms with E-state index in [-0.39, 0.29) is 0 Å². The van der Waals surface area contributed by atoms with Crippen LogP contribution in [0.5, 0.6) is 0 Å². The number of nitrogens with two attached hydrogens (primary N) is 1. The van der Waals surface area contributed by atoms with Crippen molar-refractivity contribution in [1.82, 2.24) is 24.8 Å². The van der Waals surface area contributed by atoms with E-state index in [9.17, 15) is 0 Å². The van der Waals surface area contributed by atoms with Crippen molar-refractivity contribution in [2.24, 2.45) is 5.92 Å². The smallest absolute Gasteiger partial charge is 0.165 e. The topological polar surface area (TPSA) is 93.7 Å². The summed E-state index contributed by atoms with van der Waals surface area (Å²) in [7, 11) is 0. The second-order valence-corrected chi connectivity index (χ2v) is 8.00. The van der Waals surface area contributed by atoms with E-state index in [2.05, 4.69) is 58.1 Å². The summed E-state index contributed by atoms with van der Waals surface area (Å²) in [5.41, 5.74) is 12.8. The summed E-state index contributed by atoms with van der Waals surface area (Å²) in [6.07, 6.45) is 3.36. The number of nitrogens with zero attached hydrogens (tertiary/aromatic N) is 4. The number of anilines is 2. The minimum absolute atomic E-state index is 0.440. The standard InChI is InChI=1S/C21H29N7/c1-13(2)11-23-6-7-28-18(27-19-20(22)25-12-26-21(19)28)10-16-9-15-4-5-24-17(15)8-14(16)3/h8-9,12-13,23-24H,4-7,10-11H2,1-3H3,(H2,22,25,26). The van der Waals surface area contributed by atoms with Crippen LogP contribution in [0.2, 0.25) is 0 Å². The molecule has 0 saturated heterocycles. The molecule has 0 aliphatic carbocycles. The van der Waals surface area contributed by atoms with Gasteiger partial charge >= 0.3 is 0 Å². The van der Waals surface area contributed by atoms with Gasteiger partial charge in [-0.2, -0.15) is 0 Å². The van der Waals surface area contributed by atoms with E-state index in [1.54, 1.807) is 0 Å². The van der Waals surface area contributed by atoms with E-state index in [1.807, 2.05) is 0 Å². The molecule has 4 N–H and O–H groups in total. The molecule has 0 saturated carbocycles. The van der Waals surface area contributed by atoms with Gasteiger partial charge < -0.3 is 20.9 Å². The highest BCUT2D eigenvalue weighted by molar-refractivity contribution is 5.81. The number of hydrogen-bond donors (Lipinski definition) is 3. The number of imidazole rings is 1. The Morgan fingerprint density at radius 2 is 2.14 bits per heavy atom. The van der Waals surface area contributed by atoms with E-state index in [4.69, 9.17) is 10.7 Å². The number of benzene rings is 1. The van der Waals surface area contributed by atoms with Gasteiger partial charge in [0.25, 0.3) is 0 Å². The van der Waals surface area contributed by atoms with Gasteiger partial charge in [-0.1, -0.05) is 19.9 Å². The first-order chi connectivity index (χ1) is 13.5. The molecular formula is C21H29N7. The van der Waals surface area contributed by atoms with Crippen molar-refractivity contribution in [2.45, 2.75) is 40.2 Å². The fraction of sp³-hybridized carbons (Fsp3) is 0.476. The molecule has 1 aliphatic heterocycles. The average Bonchev–Trinajstić information content (AvgIpc) is 3.24. The van der Waals surface area contributed by atoms with Gasteiger partial charge in [-0.3, -0.25) is 0 Å². The Kier molecular flexibility index (Phi) is 5.17. The first-order valence-electron chi connectivity index (χ1n) is 10.1. The van der Waals surface area contributed by atoms with Crippen molar-refractivity contribution in [3.63, 3.8) is 0 Å². The third-order valence-corrected chi connectivity index (χ3v) is 5.32. The third kappa shape index (κ3) is 3.67. The molecule has 0 atom stereocenters. The molecule has 3 aromatic rings. The summed E-state index contributed by atoms with van der Waals surface area (Å²) in [6.45, 7) is 10.3. The second-order valence-electron chi connectivity index (χ2n) is 8.00. The number of hydrogen-bond acceptors (Lipinski definition) is 6. The highest BCUT2D eigenvalue weighted by Gasteiger charge is 2.18. The minimum atomic E-state index is 0.440. The number of rotatable bonds is 7. The fourth-order valence-electron chi connectivity index (χ4n) is 3.82. The molecule has 2 aromatic heterocycles. The lowest BCUT2D eigenvalue weighted by Gasteiger charge is -2.13. The normalized spacial score (nSPS) is 13.3. The first kappa shape index (κ1) is 18.7. The maximum atomic E-state index is 6.08. The van der Waals surface area contributed by atoms with Crippen molar-refractivity contribution in [1.29, 1.82) is 0 Å². The first-order valence-corrected chi connectivity index (χ1v) is 10.1. The molecule has 0 amide bonds. The van der Waals surface area contributed by atoms with Crippen LogP contribution in [-0.2, 0) is 19.4 Å². The Bertz CT molecular complexity index is 990. The Morgan fingerprint density at radius 1 is 1.29 bits per heavy atom. The molecule has 7 heteroatoms. The average molecular weight is 380 g/mol. The quantitative estimate of drug-likeness (QED) is 0.546. The minimum Gasteiger partial charge on any atom is -0.384 e. The van der Waals surface area contributed by atoms with Crippen molar-refractivity contribution >= 4 is 22.7 Å². The fourth-order valence-corrected chi connectivity index (χ4v) is 3.82. The van der Waals surface area contributed by atoms with Crippen LogP contribution in [0, 0.1) is 12.8 Å². The molecule has 4 rings (SSSR count). The molecule has 7 nitrogen and oxygen atoms in total. The molecule has 0 bridgehead atoms. The van der Waals surface area contributed by atoms with E-state index in [1.165, 1.54) is 28.7 Å². The van der Waals surface area contributed by atoms with Gasteiger partial charge in [0.05, 0.1) is 0 Å². The number of nitrogen functional groups attached to an aromatic ring is 1. The lowest BCUT2D eigenvalue weighted by atomic mass is 10.0. The zero-order chi connectivity index (χ0) is 19.7. The van der Waals surface area contributed by atoms with Gasteiger partial charge in [-0.15, -0.1) is 0 Å². The number of nitrogens with one attached hydrogen (secondary N) is 2. The van der Waals surface area contributed by atoms with Crippen LogP contribution in [0.1, 0.15) is 36.4 Å². The summed E-state index contributed by atoms with van der Waals surface area (Å²) in [5, 5.41) is 6.96. The van der Waals surface area contributed by atoms with Gasteiger partial charge in [0.15, 0.2) is 17.0 Å². The van der Waals surface area contributed by atoms with Crippen LogP contribution in [0.3, 0.4) is 0 Å². The van der Waals surface area contributed by atoms with Crippen molar-refractivity contribution in [3.05, 3.63) is 41.0 Å². The summed E-state index contributed by atoms with van der Waals surface area (Å²) in [6, 6.07) is 4.57. The molecule has 28 heavy (non-hydrogen) atoms. The molecule has 3 heterocycles. The number of fused-ring (bicyclic) bond motifs is 2. The van der Waals surface area contributed by atoms with Crippen LogP contribution < -0.4 is 16.4 Å². The van der Waals surface area contributed by atoms with E-state index >= 15 is 0 Å². The summed E-state index contributed by atoms with van der Waals surface area (Å²) in [4.78, 5) is 13.4. The summed E-state index contributed by atoms with van der Waals surface area (Å²) in [5.74, 6) is 2.05. The van der Waals surface area contributed by atoms with E-state index in [0.717, 1.165) is 50.5 Å². The van der Waals surface area contributed by atoms with E-state index < -0.39 is 0 Å². The predicted octanol–water partition coefficient (Wildman–Crippen LogP) is 2.52. The van der Waals surface area contributed by atoms with Crippen molar-refractivity contribution in [3.8, 4) is 0 Å². The van der Waals surface area contributed by atoms with Crippen molar-refractivity contribution in [2.75, 3.05) is 30.7 Å². The van der Waals surface area contributed by atoms with Crippen LogP contribution >= 0.6 is 0 Å². The highest BCUT2D eigenvalue weighted by Crippen LogP contribution is 2.28. The molecule has 0 radical (unpaired) electrons. The Labute approximate surface area is 165 Å². The second kappa shape index (κ2) is 7.75. The predicted molar refractivity (Wildman–Crippen MR) is 114 cm³/mol. The van der Waals surface area contributed by atoms with Crippen molar-refractivity contribution < 1.29 is 0 Å². The Balaban J connectivity index is 1.66. The third-order valence-electron chi connectivity index (χ3n) is 5.32. The van der Waals surface area contributed by atoms with E-state index in [0.29, 0.717) is 17.3 Å². The lowest BCUT2D eigenvalue weighted by molar-refractivity contribution is 0.522. The molecule has 0 spiro atoms. The van der Waals surface area contributed by atoms with Gasteiger partial charge in [0.1, 0.15) is 12.2 Å². The maximum Gasteiger partial charge on any atom is 0.165 e. The monoisotopic (exact) mass is 379 g/mol. The maximum absolute atomic E-state index is 6.08. The van der Waals surface area contributed by atoms with Gasteiger partial charge in [0.2, 0.25) is 0 Å². The SMILES string of the molecule is Cc1cc2c(cc1Cc1nc3c(N)ncnc3n1CCNCC(C)C)CCN2. The van der Waals surface area contributed by atoms with Crippen LogP contribution in [0.4, 0.5) is 11.5 Å². The summed E-state index contributed by atoms with van der Waals surface area (Å²) >= 11 is 0. The van der Waals surface area contributed by atoms with Gasteiger partial charge in [0, 0.05) is 31.7 Å². The lowest BCUT2D eigenvalue weighted by Crippen LogP contribution is -2.24. The number of aryl methyl sites for hydroxylation is 1. The van der Waals surface area contributed by atoms with Gasteiger partial charge in [-0.05, 0) is 48.6 Å². The highest BCUT2D eigenvalue weighted by atomic mass is 15.2. The molecule has 1 aromatic carbocycles. The molecule has 0 fully saturated rings. The summed E-state index contributed by atoms with van der Waals surface area (Å²) < 4.78 is 2.19. The Morgan fingerprint density at radius 3 is 2.96 bits per heavy atom. The molecular weight excluding hydrogens is 350 g/mol. The molecule has 148 valence electrons. The largest absolute Gasteiger partial charge is 0.384 e.